The maximum atomic E-state index is 12.3. The summed E-state index contributed by atoms with van der Waals surface area (Å²) in [5.74, 6) is 0.878. The van der Waals surface area contributed by atoms with E-state index in [9.17, 15) is 4.79 Å². The molecule has 0 unspecified atom stereocenters. The molecular weight excluding hydrogens is 268 g/mol. The van der Waals surface area contributed by atoms with E-state index in [2.05, 4.69) is 15.0 Å². The van der Waals surface area contributed by atoms with Gasteiger partial charge in [0.2, 0.25) is 0 Å². The molecule has 6 nitrogen and oxygen atoms in total. The zero-order chi connectivity index (χ0) is 14.7. The molecule has 1 saturated heterocycles. The first-order chi connectivity index (χ1) is 10.2. The normalized spacial score (nSPS) is 16.1. The standard InChI is InChI=1S/C15H18N4O2/c1-12-10-13(21-17-12)11-18-6-8-19(9-7-18)15(20)14-4-2-3-5-16-14/h2-5,10H,6-9,11H2,1H3. The Hall–Kier alpha value is -2.21. The summed E-state index contributed by atoms with van der Waals surface area (Å²) in [7, 11) is 0. The molecule has 0 aromatic carbocycles. The van der Waals surface area contributed by atoms with Gasteiger partial charge in [0, 0.05) is 38.4 Å². The average molecular weight is 286 g/mol. The van der Waals surface area contributed by atoms with Gasteiger partial charge in [-0.1, -0.05) is 11.2 Å². The molecule has 1 amide bonds. The highest BCUT2D eigenvalue weighted by atomic mass is 16.5. The number of hydrogen-bond acceptors (Lipinski definition) is 5. The Kier molecular flexibility index (Phi) is 3.96. The van der Waals surface area contributed by atoms with Gasteiger partial charge in [-0.15, -0.1) is 0 Å². The summed E-state index contributed by atoms with van der Waals surface area (Å²) >= 11 is 0. The molecule has 0 atom stereocenters. The Morgan fingerprint density at radius 1 is 1.29 bits per heavy atom. The van der Waals surface area contributed by atoms with Crippen LogP contribution in [0.1, 0.15) is 21.9 Å². The van der Waals surface area contributed by atoms with Crippen molar-refractivity contribution in [2.75, 3.05) is 26.2 Å². The molecule has 3 rings (SSSR count). The van der Waals surface area contributed by atoms with Crippen LogP contribution >= 0.6 is 0 Å². The fourth-order valence-electron chi connectivity index (χ4n) is 2.47. The summed E-state index contributed by atoms with van der Waals surface area (Å²) in [5.41, 5.74) is 1.41. The van der Waals surface area contributed by atoms with E-state index < -0.39 is 0 Å². The van der Waals surface area contributed by atoms with Crippen molar-refractivity contribution < 1.29 is 9.32 Å². The second-order valence-electron chi connectivity index (χ2n) is 5.22. The van der Waals surface area contributed by atoms with Crippen molar-refractivity contribution in [3.63, 3.8) is 0 Å². The molecule has 110 valence electrons. The monoisotopic (exact) mass is 286 g/mol. The van der Waals surface area contributed by atoms with Crippen molar-refractivity contribution in [1.29, 1.82) is 0 Å². The van der Waals surface area contributed by atoms with Gasteiger partial charge in [0.05, 0.1) is 12.2 Å². The van der Waals surface area contributed by atoms with Crippen molar-refractivity contribution in [2.24, 2.45) is 0 Å². The summed E-state index contributed by atoms with van der Waals surface area (Å²) in [5, 5.41) is 3.89. The third kappa shape index (κ3) is 3.28. The lowest BCUT2D eigenvalue weighted by molar-refractivity contribution is 0.0612. The Morgan fingerprint density at radius 3 is 2.71 bits per heavy atom. The highest BCUT2D eigenvalue weighted by Gasteiger charge is 2.23. The highest BCUT2D eigenvalue weighted by molar-refractivity contribution is 5.92. The summed E-state index contributed by atoms with van der Waals surface area (Å²) in [4.78, 5) is 20.5. The van der Waals surface area contributed by atoms with Gasteiger partial charge in [0.25, 0.3) is 5.91 Å². The second kappa shape index (κ2) is 6.05. The molecule has 3 heterocycles. The molecule has 2 aromatic heterocycles. The Labute approximate surface area is 123 Å². The minimum absolute atomic E-state index is 0.00533. The number of piperazine rings is 1. The quantitative estimate of drug-likeness (QED) is 0.852. The number of nitrogens with zero attached hydrogens (tertiary/aromatic N) is 4. The lowest BCUT2D eigenvalue weighted by Gasteiger charge is -2.33. The van der Waals surface area contributed by atoms with Crippen LogP contribution in [0.15, 0.2) is 35.0 Å². The molecule has 0 spiro atoms. The van der Waals surface area contributed by atoms with Gasteiger partial charge in [-0.2, -0.15) is 0 Å². The van der Waals surface area contributed by atoms with Gasteiger partial charge in [-0.05, 0) is 19.1 Å². The van der Waals surface area contributed by atoms with E-state index in [1.807, 2.05) is 30.0 Å². The van der Waals surface area contributed by atoms with Crippen LogP contribution in [-0.4, -0.2) is 52.0 Å². The Bertz CT molecular complexity index is 603. The molecule has 1 aliphatic heterocycles. The van der Waals surface area contributed by atoms with Gasteiger partial charge in [-0.3, -0.25) is 14.7 Å². The molecule has 0 N–H and O–H groups in total. The molecule has 6 heteroatoms. The van der Waals surface area contributed by atoms with E-state index in [1.54, 1.807) is 12.3 Å². The minimum atomic E-state index is 0.00533. The molecule has 21 heavy (non-hydrogen) atoms. The molecule has 0 aliphatic carbocycles. The smallest absolute Gasteiger partial charge is 0.272 e. The molecule has 0 saturated carbocycles. The van der Waals surface area contributed by atoms with E-state index in [4.69, 9.17) is 4.52 Å². The van der Waals surface area contributed by atoms with Crippen LogP contribution in [0.25, 0.3) is 0 Å². The van der Waals surface area contributed by atoms with Crippen LogP contribution in [0, 0.1) is 6.92 Å². The molecule has 0 radical (unpaired) electrons. The van der Waals surface area contributed by atoms with E-state index in [0.29, 0.717) is 18.8 Å². The van der Waals surface area contributed by atoms with Crippen LogP contribution in [0.2, 0.25) is 0 Å². The fourth-order valence-corrected chi connectivity index (χ4v) is 2.47. The van der Waals surface area contributed by atoms with Gasteiger partial charge in [0.1, 0.15) is 5.69 Å². The Morgan fingerprint density at radius 2 is 2.10 bits per heavy atom. The van der Waals surface area contributed by atoms with E-state index >= 15 is 0 Å². The first-order valence-electron chi connectivity index (χ1n) is 7.07. The van der Waals surface area contributed by atoms with Gasteiger partial charge < -0.3 is 9.42 Å². The lowest BCUT2D eigenvalue weighted by Crippen LogP contribution is -2.48. The summed E-state index contributed by atoms with van der Waals surface area (Å²) in [6, 6.07) is 7.36. The predicted molar refractivity (Wildman–Crippen MR) is 76.7 cm³/mol. The number of hydrogen-bond donors (Lipinski definition) is 0. The second-order valence-corrected chi connectivity index (χ2v) is 5.22. The molecule has 0 bridgehead atoms. The number of rotatable bonds is 3. The predicted octanol–water partition coefficient (Wildman–Crippen LogP) is 1.34. The molecule has 1 fully saturated rings. The zero-order valence-electron chi connectivity index (χ0n) is 12.0. The lowest BCUT2D eigenvalue weighted by atomic mass is 10.2. The summed E-state index contributed by atoms with van der Waals surface area (Å²) in [6.45, 7) is 5.74. The molecular formula is C15H18N4O2. The summed E-state index contributed by atoms with van der Waals surface area (Å²) < 4.78 is 5.23. The Balaban J connectivity index is 1.54. The van der Waals surface area contributed by atoms with E-state index in [0.717, 1.165) is 31.1 Å². The molecule has 2 aromatic rings. The number of carbonyl (C=O) groups excluding carboxylic acids is 1. The van der Waals surface area contributed by atoms with Crippen LogP contribution in [-0.2, 0) is 6.54 Å². The number of aromatic nitrogens is 2. The fraction of sp³-hybridized carbons (Fsp3) is 0.400. The van der Waals surface area contributed by atoms with Crippen molar-refractivity contribution >= 4 is 5.91 Å². The largest absolute Gasteiger partial charge is 0.360 e. The van der Waals surface area contributed by atoms with Crippen LogP contribution in [0.5, 0.6) is 0 Å². The summed E-state index contributed by atoms with van der Waals surface area (Å²) in [6.07, 6.45) is 1.65. The van der Waals surface area contributed by atoms with Crippen molar-refractivity contribution in [3.05, 3.63) is 47.6 Å². The van der Waals surface area contributed by atoms with E-state index in [-0.39, 0.29) is 5.91 Å². The van der Waals surface area contributed by atoms with Crippen LogP contribution in [0.3, 0.4) is 0 Å². The van der Waals surface area contributed by atoms with E-state index in [1.165, 1.54) is 0 Å². The third-order valence-corrected chi connectivity index (χ3v) is 3.60. The van der Waals surface area contributed by atoms with Crippen molar-refractivity contribution in [2.45, 2.75) is 13.5 Å². The first-order valence-corrected chi connectivity index (χ1v) is 7.07. The number of pyridine rings is 1. The first kappa shape index (κ1) is 13.8. The molecule has 1 aliphatic rings. The number of aryl methyl sites for hydroxylation is 1. The number of carbonyl (C=O) groups is 1. The van der Waals surface area contributed by atoms with Gasteiger partial charge in [-0.25, -0.2) is 0 Å². The van der Waals surface area contributed by atoms with Crippen molar-refractivity contribution in [3.8, 4) is 0 Å². The van der Waals surface area contributed by atoms with Crippen LogP contribution < -0.4 is 0 Å². The van der Waals surface area contributed by atoms with Crippen molar-refractivity contribution in [1.82, 2.24) is 19.9 Å². The maximum Gasteiger partial charge on any atom is 0.272 e. The number of amides is 1. The highest BCUT2D eigenvalue weighted by Crippen LogP contribution is 2.11. The van der Waals surface area contributed by atoms with Crippen LogP contribution in [0.4, 0.5) is 0 Å². The van der Waals surface area contributed by atoms with Gasteiger partial charge >= 0.3 is 0 Å². The maximum absolute atomic E-state index is 12.3. The SMILES string of the molecule is Cc1cc(CN2CCN(C(=O)c3ccccn3)CC2)on1. The minimum Gasteiger partial charge on any atom is -0.360 e. The zero-order valence-corrected chi connectivity index (χ0v) is 12.0. The van der Waals surface area contributed by atoms with Gasteiger partial charge in [0.15, 0.2) is 5.76 Å². The third-order valence-electron chi connectivity index (χ3n) is 3.60. The average Bonchev–Trinajstić information content (AvgIpc) is 2.93. The topological polar surface area (TPSA) is 62.5 Å².